The molecule has 0 spiro atoms. The highest BCUT2D eigenvalue weighted by Crippen LogP contribution is 2.31. The SMILES string of the molecule is CCS(=O)(=O)C1=NN2C(=N)C(=Cc3ccc(OC(=O)c4ccc(OC)c(OC)c4)cc3)C(=O)N=C2S1. The van der Waals surface area contributed by atoms with Gasteiger partial charge in [0, 0.05) is 0 Å². The summed E-state index contributed by atoms with van der Waals surface area (Å²) in [5.41, 5.74) is 0.737. The normalized spacial score (nSPS) is 16.4. The molecule has 1 N–H and O–H groups in total. The highest BCUT2D eigenvalue weighted by molar-refractivity contribution is 8.42. The summed E-state index contributed by atoms with van der Waals surface area (Å²) in [6, 6.07) is 10.9. The number of benzene rings is 2. The molecule has 2 aliphatic rings. The number of esters is 1. The fourth-order valence-electron chi connectivity index (χ4n) is 3.15. The number of ether oxygens (including phenoxy) is 3. The van der Waals surface area contributed by atoms with Crippen LogP contribution in [-0.4, -0.2) is 60.7 Å². The summed E-state index contributed by atoms with van der Waals surface area (Å²) < 4.78 is 39.8. The van der Waals surface area contributed by atoms with Crippen molar-refractivity contribution < 1.29 is 32.2 Å². The van der Waals surface area contributed by atoms with Gasteiger partial charge in [0.1, 0.15) is 5.75 Å². The number of nitrogens with zero attached hydrogens (tertiary/aromatic N) is 3. The molecule has 0 atom stereocenters. The fraction of sp³-hybridized carbons (Fsp3) is 0.174. The molecule has 4 rings (SSSR count). The van der Waals surface area contributed by atoms with Gasteiger partial charge >= 0.3 is 5.97 Å². The van der Waals surface area contributed by atoms with Gasteiger partial charge in [0.05, 0.1) is 31.1 Å². The van der Waals surface area contributed by atoms with E-state index in [4.69, 9.17) is 19.6 Å². The minimum atomic E-state index is -3.61. The van der Waals surface area contributed by atoms with E-state index in [0.717, 1.165) is 16.8 Å². The second-order valence-electron chi connectivity index (χ2n) is 7.32. The van der Waals surface area contributed by atoms with Gasteiger partial charge in [0.2, 0.25) is 19.4 Å². The Labute approximate surface area is 210 Å². The Hall–Kier alpha value is -3.97. The second kappa shape index (κ2) is 9.95. The summed E-state index contributed by atoms with van der Waals surface area (Å²) >= 11 is 0.738. The first kappa shape index (κ1) is 25.1. The van der Waals surface area contributed by atoms with Crippen LogP contribution in [0.3, 0.4) is 0 Å². The lowest BCUT2D eigenvalue weighted by molar-refractivity contribution is -0.114. The average molecular weight is 529 g/mol. The van der Waals surface area contributed by atoms with Crippen LogP contribution in [0.1, 0.15) is 22.8 Å². The second-order valence-corrected chi connectivity index (χ2v) is 10.7. The summed E-state index contributed by atoms with van der Waals surface area (Å²) in [5, 5.41) is 13.4. The molecule has 2 aliphatic heterocycles. The standard InChI is InChI=1S/C23H20N4O7S2/c1-4-36(30,31)23-26-27-19(24)16(20(28)25-22(27)35-23)11-13-5-8-15(9-6-13)34-21(29)14-7-10-17(32-2)18(12-14)33-3/h5-12,24H,4H2,1-3H3. The summed E-state index contributed by atoms with van der Waals surface area (Å²) in [6.45, 7) is 1.48. The molecule has 0 aromatic heterocycles. The molecule has 13 heteroatoms. The van der Waals surface area contributed by atoms with Crippen molar-refractivity contribution in [3.8, 4) is 17.2 Å². The lowest BCUT2D eigenvalue weighted by Gasteiger charge is -2.20. The summed E-state index contributed by atoms with van der Waals surface area (Å²) in [6.07, 6.45) is 1.43. The third-order valence-corrected chi connectivity index (χ3v) is 8.19. The Morgan fingerprint density at radius 2 is 1.81 bits per heavy atom. The van der Waals surface area contributed by atoms with Crippen molar-refractivity contribution in [2.45, 2.75) is 6.92 Å². The number of amides is 1. The van der Waals surface area contributed by atoms with E-state index in [2.05, 4.69) is 10.1 Å². The Bertz CT molecular complexity index is 1460. The first-order chi connectivity index (χ1) is 17.2. The molecule has 36 heavy (non-hydrogen) atoms. The molecule has 0 bridgehead atoms. The van der Waals surface area contributed by atoms with Crippen molar-refractivity contribution in [3.63, 3.8) is 0 Å². The number of amidine groups is 2. The smallest absolute Gasteiger partial charge is 0.343 e. The minimum Gasteiger partial charge on any atom is -0.493 e. The van der Waals surface area contributed by atoms with E-state index in [-0.39, 0.29) is 38.0 Å². The van der Waals surface area contributed by atoms with Crippen LogP contribution in [0, 0.1) is 5.41 Å². The zero-order chi connectivity index (χ0) is 26.0. The molecule has 2 heterocycles. The molecule has 0 radical (unpaired) electrons. The van der Waals surface area contributed by atoms with Gasteiger partial charge in [-0.1, -0.05) is 19.1 Å². The van der Waals surface area contributed by atoms with E-state index in [1.165, 1.54) is 45.4 Å². The van der Waals surface area contributed by atoms with Gasteiger partial charge in [-0.05, 0) is 53.7 Å². The van der Waals surface area contributed by atoms with Gasteiger partial charge in [0.15, 0.2) is 17.3 Å². The van der Waals surface area contributed by atoms with Gasteiger partial charge in [-0.15, -0.1) is 5.10 Å². The zero-order valence-corrected chi connectivity index (χ0v) is 21.0. The topological polar surface area (TPSA) is 148 Å². The maximum Gasteiger partial charge on any atom is 0.343 e. The lowest BCUT2D eigenvalue weighted by Crippen LogP contribution is -2.35. The Morgan fingerprint density at radius 3 is 2.44 bits per heavy atom. The van der Waals surface area contributed by atoms with Crippen molar-refractivity contribution >= 4 is 54.9 Å². The van der Waals surface area contributed by atoms with Crippen LogP contribution in [0.15, 0.2) is 58.1 Å². The van der Waals surface area contributed by atoms with Crippen molar-refractivity contribution in [1.82, 2.24) is 5.01 Å². The predicted molar refractivity (Wildman–Crippen MR) is 135 cm³/mol. The van der Waals surface area contributed by atoms with E-state index in [1.54, 1.807) is 24.3 Å². The maximum atomic E-state index is 12.5. The van der Waals surface area contributed by atoms with Gasteiger partial charge in [-0.3, -0.25) is 10.2 Å². The first-order valence-electron chi connectivity index (χ1n) is 10.4. The van der Waals surface area contributed by atoms with Crippen LogP contribution in [0.5, 0.6) is 17.2 Å². The molecule has 0 unspecified atom stereocenters. The number of hydrogen-bond acceptors (Lipinski definition) is 10. The molecule has 0 saturated carbocycles. The first-order valence-corrected chi connectivity index (χ1v) is 12.9. The van der Waals surface area contributed by atoms with E-state index in [1.807, 2.05) is 0 Å². The Balaban J connectivity index is 1.51. The highest BCUT2D eigenvalue weighted by Gasteiger charge is 2.39. The monoisotopic (exact) mass is 528 g/mol. The maximum absolute atomic E-state index is 12.5. The number of hydrazone groups is 1. The molecule has 11 nitrogen and oxygen atoms in total. The van der Waals surface area contributed by atoms with Crippen LogP contribution in [0.2, 0.25) is 0 Å². The van der Waals surface area contributed by atoms with Crippen molar-refractivity contribution in [2.75, 3.05) is 20.0 Å². The molecule has 0 fully saturated rings. The number of carbonyl (C=O) groups excluding carboxylic acids is 2. The van der Waals surface area contributed by atoms with Gasteiger partial charge in [-0.2, -0.15) is 10.0 Å². The molecular weight excluding hydrogens is 508 g/mol. The zero-order valence-electron chi connectivity index (χ0n) is 19.3. The number of thioether (sulfide) groups is 1. The van der Waals surface area contributed by atoms with E-state index in [9.17, 15) is 18.0 Å². The van der Waals surface area contributed by atoms with Crippen molar-refractivity contribution in [1.29, 1.82) is 5.41 Å². The largest absolute Gasteiger partial charge is 0.493 e. The molecule has 186 valence electrons. The number of hydrogen-bond donors (Lipinski definition) is 1. The number of fused-ring (bicyclic) bond motifs is 1. The molecular formula is C23H20N4O7S2. The highest BCUT2D eigenvalue weighted by atomic mass is 32.3. The van der Waals surface area contributed by atoms with E-state index in [0.29, 0.717) is 17.1 Å². The van der Waals surface area contributed by atoms with Gasteiger partial charge < -0.3 is 14.2 Å². The van der Waals surface area contributed by atoms with Gasteiger partial charge in [0.25, 0.3) is 5.91 Å². The number of methoxy groups -OCH3 is 2. The van der Waals surface area contributed by atoms with Crippen LogP contribution < -0.4 is 14.2 Å². The summed E-state index contributed by atoms with van der Waals surface area (Å²) in [7, 11) is -0.653. The van der Waals surface area contributed by atoms with E-state index < -0.39 is 21.7 Å². The summed E-state index contributed by atoms with van der Waals surface area (Å²) in [4.78, 5) is 28.9. The Morgan fingerprint density at radius 1 is 1.11 bits per heavy atom. The third-order valence-electron chi connectivity index (χ3n) is 5.10. The average Bonchev–Trinajstić information content (AvgIpc) is 3.32. The number of aliphatic imine (C=N–C) groups is 1. The van der Waals surface area contributed by atoms with Crippen LogP contribution in [0.25, 0.3) is 6.08 Å². The Kier molecular flexibility index (Phi) is 6.95. The lowest BCUT2D eigenvalue weighted by atomic mass is 10.1. The van der Waals surface area contributed by atoms with Crippen molar-refractivity contribution in [3.05, 3.63) is 59.2 Å². The number of sulfone groups is 1. The van der Waals surface area contributed by atoms with E-state index >= 15 is 0 Å². The fourth-order valence-corrected chi connectivity index (χ4v) is 5.32. The quantitative estimate of drug-likeness (QED) is 0.339. The van der Waals surface area contributed by atoms with Crippen LogP contribution >= 0.6 is 11.8 Å². The number of carbonyl (C=O) groups is 2. The van der Waals surface area contributed by atoms with Crippen LogP contribution in [-0.2, 0) is 14.6 Å². The predicted octanol–water partition coefficient (Wildman–Crippen LogP) is 2.93. The molecule has 2 aromatic carbocycles. The minimum absolute atomic E-state index is 0.0200. The molecule has 2 aromatic rings. The molecule has 1 amide bonds. The third kappa shape index (κ3) is 4.88. The summed E-state index contributed by atoms with van der Waals surface area (Å²) in [5.74, 6) is -0.609. The molecule has 0 aliphatic carbocycles. The molecule has 0 saturated heterocycles. The van der Waals surface area contributed by atoms with Crippen LogP contribution in [0.4, 0.5) is 0 Å². The van der Waals surface area contributed by atoms with Gasteiger partial charge in [-0.25, -0.2) is 13.2 Å². The van der Waals surface area contributed by atoms with Crippen molar-refractivity contribution in [2.24, 2.45) is 10.1 Å². The number of rotatable bonds is 6. The number of nitrogens with one attached hydrogen (secondary N) is 1.